The first-order valence-electron chi connectivity index (χ1n) is 7.19. The summed E-state index contributed by atoms with van der Waals surface area (Å²) >= 11 is 0. The Morgan fingerprint density at radius 3 is 2.86 bits per heavy atom. The smallest absolute Gasteiger partial charge is 0.351 e. The number of nitrogen functional groups attached to an aromatic ring is 1. The molecule has 1 aromatic heterocycles. The van der Waals surface area contributed by atoms with Crippen molar-refractivity contribution in [2.24, 2.45) is 5.41 Å². The summed E-state index contributed by atoms with van der Waals surface area (Å²) in [5, 5.41) is 9.60. The van der Waals surface area contributed by atoms with Gasteiger partial charge in [0, 0.05) is 6.20 Å². The van der Waals surface area contributed by atoms with Gasteiger partial charge in [0.15, 0.2) is 5.79 Å². The van der Waals surface area contributed by atoms with Crippen molar-refractivity contribution in [3.63, 3.8) is 0 Å². The van der Waals surface area contributed by atoms with Crippen LogP contribution >= 0.6 is 0 Å². The molecule has 2 saturated heterocycles. The topological polar surface area (TPSA) is 109 Å². The second kappa shape index (κ2) is 5.02. The van der Waals surface area contributed by atoms with Crippen LogP contribution in [0.3, 0.4) is 0 Å². The highest BCUT2D eigenvalue weighted by atomic mass is 16.7. The summed E-state index contributed by atoms with van der Waals surface area (Å²) in [6.07, 6.45) is -0.0402. The number of ether oxygens (including phenoxy) is 3. The molecule has 0 saturated carbocycles. The Balaban J connectivity index is 2.01. The molecule has 2 fully saturated rings. The molecule has 4 atom stereocenters. The van der Waals surface area contributed by atoms with Gasteiger partial charge in [-0.3, -0.25) is 4.57 Å². The van der Waals surface area contributed by atoms with E-state index in [4.69, 9.17) is 19.9 Å². The Morgan fingerprint density at radius 1 is 1.50 bits per heavy atom. The van der Waals surface area contributed by atoms with Gasteiger partial charge < -0.3 is 25.1 Å². The van der Waals surface area contributed by atoms with Crippen LogP contribution in [-0.2, 0) is 14.2 Å². The minimum Gasteiger partial charge on any atom is -0.394 e. The van der Waals surface area contributed by atoms with E-state index in [9.17, 15) is 9.90 Å². The molecule has 3 heterocycles. The van der Waals surface area contributed by atoms with Crippen molar-refractivity contribution in [3.05, 3.63) is 22.7 Å². The number of rotatable bonds is 2. The second-order valence-electron chi connectivity index (χ2n) is 6.48. The first-order chi connectivity index (χ1) is 10.3. The third-order valence-corrected chi connectivity index (χ3v) is 4.28. The molecule has 0 aliphatic carbocycles. The maximum absolute atomic E-state index is 12.1. The third kappa shape index (κ3) is 2.32. The molecule has 0 aromatic carbocycles. The molecule has 22 heavy (non-hydrogen) atoms. The molecule has 0 amide bonds. The maximum atomic E-state index is 12.1. The minimum absolute atomic E-state index is 0.150. The number of aliphatic hydroxyl groups is 1. The van der Waals surface area contributed by atoms with Crippen LogP contribution in [0, 0.1) is 5.41 Å². The number of anilines is 1. The van der Waals surface area contributed by atoms with Crippen molar-refractivity contribution in [3.8, 4) is 0 Å². The molecule has 8 heteroatoms. The van der Waals surface area contributed by atoms with E-state index in [0.717, 1.165) is 0 Å². The summed E-state index contributed by atoms with van der Waals surface area (Å²) in [6.45, 7) is 5.67. The summed E-state index contributed by atoms with van der Waals surface area (Å²) in [4.78, 5) is 15.8. The Bertz CT molecular complexity index is 631. The number of nitrogens with zero attached hydrogens (tertiary/aromatic N) is 2. The molecular formula is C14H21N3O5. The van der Waals surface area contributed by atoms with E-state index in [2.05, 4.69) is 4.98 Å². The highest BCUT2D eigenvalue weighted by Gasteiger charge is 2.59. The number of aromatic nitrogens is 2. The quantitative estimate of drug-likeness (QED) is 0.783. The van der Waals surface area contributed by atoms with E-state index in [0.29, 0.717) is 6.61 Å². The summed E-state index contributed by atoms with van der Waals surface area (Å²) in [7, 11) is 0. The molecule has 1 aromatic rings. The van der Waals surface area contributed by atoms with E-state index < -0.39 is 35.3 Å². The van der Waals surface area contributed by atoms with Gasteiger partial charge in [-0.25, -0.2) is 4.79 Å². The normalized spacial score (nSPS) is 37.0. The maximum Gasteiger partial charge on any atom is 0.351 e. The number of fused-ring (bicyclic) bond motifs is 1. The minimum atomic E-state index is -0.764. The summed E-state index contributed by atoms with van der Waals surface area (Å²) < 4.78 is 19.0. The molecule has 2 aliphatic heterocycles. The SMILES string of the molecule is CC1(C)OC[C@@]2(C)C(O1)[C@@H](CO)O[C@H]2n1ccc(N)nc1=O. The van der Waals surface area contributed by atoms with Gasteiger partial charge in [0.25, 0.3) is 0 Å². The van der Waals surface area contributed by atoms with Crippen LogP contribution < -0.4 is 11.4 Å². The predicted octanol–water partition coefficient (Wildman–Crippen LogP) is -0.127. The lowest BCUT2D eigenvalue weighted by Crippen LogP contribution is -2.55. The monoisotopic (exact) mass is 311 g/mol. The van der Waals surface area contributed by atoms with E-state index in [1.165, 1.54) is 16.8 Å². The second-order valence-corrected chi connectivity index (χ2v) is 6.48. The number of nitrogens with two attached hydrogens (primary N) is 1. The molecule has 0 radical (unpaired) electrons. The molecule has 0 bridgehead atoms. The predicted molar refractivity (Wildman–Crippen MR) is 76.9 cm³/mol. The fourth-order valence-corrected chi connectivity index (χ4v) is 3.12. The summed E-state index contributed by atoms with van der Waals surface area (Å²) in [6, 6.07) is 1.53. The number of hydrogen-bond donors (Lipinski definition) is 2. The van der Waals surface area contributed by atoms with Crippen LogP contribution in [-0.4, -0.2) is 45.9 Å². The third-order valence-electron chi connectivity index (χ3n) is 4.28. The molecule has 0 spiro atoms. The zero-order chi connectivity index (χ0) is 16.1. The zero-order valence-electron chi connectivity index (χ0n) is 12.9. The lowest BCUT2D eigenvalue weighted by Gasteiger charge is -2.45. The van der Waals surface area contributed by atoms with E-state index in [-0.39, 0.29) is 12.4 Å². The number of aliphatic hydroxyl groups excluding tert-OH is 1. The van der Waals surface area contributed by atoms with Gasteiger partial charge in [-0.15, -0.1) is 0 Å². The summed E-state index contributed by atoms with van der Waals surface area (Å²) in [5.41, 5.74) is 4.40. The molecule has 1 unspecified atom stereocenters. The van der Waals surface area contributed by atoms with E-state index >= 15 is 0 Å². The Labute approximate surface area is 127 Å². The lowest BCUT2D eigenvalue weighted by molar-refractivity contribution is -0.314. The van der Waals surface area contributed by atoms with Crippen molar-refractivity contribution in [1.29, 1.82) is 0 Å². The van der Waals surface area contributed by atoms with Crippen molar-refractivity contribution < 1.29 is 19.3 Å². The first-order valence-corrected chi connectivity index (χ1v) is 7.19. The highest BCUT2D eigenvalue weighted by molar-refractivity contribution is 5.23. The van der Waals surface area contributed by atoms with Crippen molar-refractivity contribution >= 4 is 5.82 Å². The average molecular weight is 311 g/mol. The Kier molecular flexibility index (Phi) is 3.52. The van der Waals surface area contributed by atoms with Crippen molar-refractivity contribution in [1.82, 2.24) is 9.55 Å². The highest BCUT2D eigenvalue weighted by Crippen LogP contribution is 2.50. The van der Waals surface area contributed by atoms with Crippen LogP contribution in [0.15, 0.2) is 17.1 Å². The number of hydrogen-bond acceptors (Lipinski definition) is 7. The largest absolute Gasteiger partial charge is 0.394 e. The van der Waals surface area contributed by atoms with Gasteiger partial charge >= 0.3 is 5.69 Å². The molecule has 8 nitrogen and oxygen atoms in total. The van der Waals surface area contributed by atoms with Gasteiger partial charge in [0.2, 0.25) is 0 Å². The standard InChI is InChI=1S/C14H21N3O5/c1-13(2)20-7-14(3)10(22-13)8(6-18)21-11(14)17-5-4-9(15)16-12(17)19/h4-5,8,10-11,18H,6-7H2,1-3H3,(H2,15,16,19)/t8-,10?,11-,14+/m1/s1. The van der Waals surface area contributed by atoms with Crippen molar-refractivity contribution in [2.75, 3.05) is 18.9 Å². The zero-order valence-corrected chi connectivity index (χ0v) is 12.9. The van der Waals surface area contributed by atoms with Crippen LogP contribution in [0.25, 0.3) is 0 Å². The van der Waals surface area contributed by atoms with Crippen LogP contribution in [0.4, 0.5) is 5.82 Å². The molecule has 122 valence electrons. The van der Waals surface area contributed by atoms with Crippen molar-refractivity contribution in [2.45, 2.75) is 45.0 Å². The fourth-order valence-electron chi connectivity index (χ4n) is 3.12. The van der Waals surface area contributed by atoms with Gasteiger partial charge in [-0.1, -0.05) is 6.92 Å². The van der Waals surface area contributed by atoms with E-state index in [1.807, 2.05) is 20.8 Å². The van der Waals surface area contributed by atoms with Gasteiger partial charge in [-0.2, -0.15) is 4.98 Å². The van der Waals surface area contributed by atoms with E-state index in [1.54, 1.807) is 0 Å². The molecular weight excluding hydrogens is 290 g/mol. The van der Waals surface area contributed by atoms with Crippen LogP contribution in [0.2, 0.25) is 0 Å². The van der Waals surface area contributed by atoms with Crippen LogP contribution in [0.5, 0.6) is 0 Å². The summed E-state index contributed by atoms with van der Waals surface area (Å²) in [5.74, 6) is -0.614. The molecule has 2 aliphatic rings. The molecule has 3 N–H and O–H groups in total. The Hall–Kier alpha value is -1.48. The van der Waals surface area contributed by atoms with Crippen LogP contribution in [0.1, 0.15) is 27.0 Å². The first kappa shape index (κ1) is 15.4. The average Bonchev–Trinajstić information content (AvgIpc) is 2.71. The molecule has 3 rings (SSSR count). The van der Waals surface area contributed by atoms with Gasteiger partial charge in [0.05, 0.1) is 18.6 Å². The lowest BCUT2D eigenvalue weighted by atomic mass is 9.81. The fraction of sp³-hybridized carbons (Fsp3) is 0.714. The Morgan fingerprint density at radius 2 is 2.23 bits per heavy atom. The van der Waals surface area contributed by atoms with Gasteiger partial charge in [0.1, 0.15) is 24.3 Å². The van der Waals surface area contributed by atoms with Gasteiger partial charge in [-0.05, 0) is 19.9 Å².